The minimum absolute atomic E-state index is 0.0286. The molecule has 0 bridgehead atoms. The zero-order valence-electron chi connectivity index (χ0n) is 10.3. The fourth-order valence-electron chi connectivity index (χ4n) is 1.81. The Labute approximate surface area is 125 Å². The molecule has 8 heteroatoms. The molecule has 1 amide bonds. The van der Waals surface area contributed by atoms with Crippen LogP contribution in [0.25, 0.3) is 0 Å². The molecule has 1 heterocycles. The summed E-state index contributed by atoms with van der Waals surface area (Å²) >= 11 is 11.7. The van der Waals surface area contributed by atoms with Crippen molar-refractivity contribution in [2.24, 2.45) is 0 Å². The number of morpholine rings is 1. The molecule has 3 N–H and O–H groups in total. The molecule has 2 rings (SSSR count). The zero-order valence-corrected chi connectivity index (χ0v) is 11.8. The van der Waals surface area contributed by atoms with Gasteiger partial charge < -0.3 is 20.5 Å². The third kappa shape index (κ3) is 3.40. The molecular formula is C12H12Cl2N2O4. The lowest BCUT2D eigenvalue weighted by molar-refractivity contribution is -0.120. The van der Waals surface area contributed by atoms with E-state index < -0.39 is 17.9 Å². The molecular weight excluding hydrogens is 307 g/mol. The van der Waals surface area contributed by atoms with Gasteiger partial charge in [0.2, 0.25) is 5.91 Å². The second kappa shape index (κ2) is 6.41. The first-order valence-electron chi connectivity index (χ1n) is 5.83. The van der Waals surface area contributed by atoms with E-state index in [1.54, 1.807) is 0 Å². The van der Waals surface area contributed by atoms with Gasteiger partial charge in [0.15, 0.2) is 0 Å². The largest absolute Gasteiger partial charge is 0.478 e. The van der Waals surface area contributed by atoms with Gasteiger partial charge in [0.1, 0.15) is 6.04 Å². The Bertz CT molecular complexity index is 545. The van der Waals surface area contributed by atoms with E-state index >= 15 is 0 Å². The quantitative estimate of drug-likeness (QED) is 0.788. The van der Waals surface area contributed by atoms with Crippen LogP contribution in [0.1, 0.15) is 10.4 Å². The van der Waals surface area contributed by atoms with Crippen molar-refractivity contribution in [1.82, 2.24) is 5.32 Å². The summed E-state index contributed by atoms with van der Waals surface area (Å²) in [5.74, 6) is -1.63. The molecule has 0 saturated carbocycles. The summed E-state index contributed by atoms with van der Waals surface area (Å²) in [7, 11) is 0. The molecule has 6 nitrogen and oxygen atoms in total. The average molecular weight is 319 g/mol. The van der Waals surface area contributed by atoms with Gasteiger partial charge >= 0.3 is 5.97 Å². The van der Waals surface area contributed by atoms with Gasteiger partial charge in [0.25, 0.3) is 0 Å². The second-order valence-corrected chi connectivity index (χ2v) is 5.03. The number of hydrogen-bond donors (Lipinski definition) is 3. The van der Waals surface area contributed by atoms with Crippen molar-refractivity contribution in [2.45, 2.75) is 6.04 Å². The Balaban J connectivity index is 2.23. The van der Waals surface area contributed by atoms with Crippen molar-refractivity contribution in [3.63, 3.8) is 0 Å². The summed E-state index contributed by atoms with van der Waals surface area (Å²) in [6.45, 7) is 1.31. The van der Waals surface area contributed by atoms with Gasteiger partial charge in [-0.15, -0.1) is 0 Å². The fraction of sp³-hybridized carbons (Fsp3) is 0.333. The molecule has 1 fully saturated rings. The number of amides is 1. The number of aromatic carboxylic acids is 1. The van der Waals surface area contributed by atoms with E-state index in [-0.39, 0.29) is 27.9 Å². The van der Waals surface area contributed by atoms with Crippen molar-refractivity contribution in [3.8, 4) is 0 Å². The summed E-state index contributed by atoms with van der Waals surface area (Å²) in [6, 6.07) is 2.06. The highest BCUT2D eigenvalue weighted by Gasteiger charge is 2.24. The summed E-state index contributed by atoms with van der Waals surface area (Å²) in [6.07, 6.45) is 0. The van der Waals surface area contributed by atoms with E-state index in [9.17, 15) is 9.59 Å². The highest BCUT2D eigenvalue weighted by Crippen LogP contribution is 2.30. The van der Waals surface area contributed by atoms with E-state index in [0.717, 1.165) is 0 Å². The molecule has 1 atom stereocenters. The lowest BCUT2D eigenvalue weighted by Crippen LogP contribution is -2.49. The predicted molar refractivity (Wildman–Crippen MR) is 74.7 cm³/mol. The summed E-state index contributed by atoms with van der Waals surface area (Å²) in [5.41, 5.74) is -0.131. The number of carboxylic acids is 1. The predicted octanol–water partition coefficient (Wildman–Crippen LogP) is 1.62. The van der Waals surface area contributed by atoms with Gasteiger partial charge in [-0.25, -0.2) is 4.79 Å². The van der Waals surface area contributed by atoms with Gasteiger partial charge in [0, 0.05) is 11.6 Å². The van der Waals surface area contributed by atoms with Gasteiger partial charge in [-0.3, -0.25) is 4.79 Å². The van der Waals surface area contributed by atoms with E-state index in [1.807, 2.05) is 0 Å². The minimum atomic E-state index is -1.22. The topological polar surface area (TPSA) is 87.7 Å². The zero-order chi connectivity index (χ0) is 14.7. The lowest BCUT2D eigenvalue weighted by atomic mass is 10.1. The van der Waals surface area contributed by atoms with Crippen LogP contribution in [0.15, 0.2) is 12.1 Å². The second-order valence-electron chi connectivity index (χ2n) is 4.19. The summed E-state index contributed by atoms with van der Waals surface area (Å²) < 4.78 is 5.17. The monoisotopic (exact) mass is 318 g/mol. The normalized spacial score (nSPS) is 18.6. The molecule has 1 aromatic rings. The minimum Gasteiger partial charge on any atom is -0.478 e. The van der Waals surface area contributed by atoms with Crippen LogP contribution in [0.4, 0.5) is 5.69 Å². The third-order valence-corrected chi connectivity index (χ3v) is 3.29. The lowest BCUT2D eigenvalue weighted by Gasteiger charge is -2.23. The molecule has 1 saturated heterocycles. The van der Waals surface area contributed by atoms with Crippen LogP contribution < -0.4 is 10.6 Å². The number of nitrogens with one attached hydrogen (secondary N) is 2. The van der Waals surface area contributed by atoms with E-state index in [0.29, 0.717) is 13.2 Å². The van der Waals surface area contributed by atoms with Crippen LogP contribution >= 0.6 is 23.2 Å². The third-order valence-electron chi connectivity index (χ3n) is 2.77. The molecule has 0 spiro atoms. The summed E-state index contributed by atoms with van der Waals surface area (Å²) in [5, 5.41) is 14.9. The molecule has 1 unspecified atom stereocenters. The number of anilines is 1. The Morgan fingerprint density at radius 3 is 2.75 bits per heavy atom. The van der Waals surface area contributed by atoms with Crippen LogP contribution in [0.5, 0.6) is 0 Å². The summed E-state index contributed by atoms with van der Waals surface area (Å²) in [4.78, 5) is 23.2. The number of halogens is 2. The van der Waals surface area contributed by atoms with Crippen molar-refractivity contribution < 1.29 is 19.4 Å². The van der Waals surface area contributed by atoms with Gasteiger partial charge in [0.05, 0.1) is 29.5 Å². The van der Waals surface area contributed by atoms with Gasteiger partial charge in [-0.05, 0) is 12.1 Å². The maximum Gasteiger partial charge on any atom is 0.337 e. The first kappa shape index (κ1) is 15.1. The molecule has 108 valence electrons. The molecule has 0 radical (unpaired) electrons. The van der Waals surface area contributed by atoms with Crippen molar-refractivity contribution in [2.75, 3.05) is 25.1 Å². The number of rotatable bonds is 3. The molecule has 1 aliphatic rings. The Hall–Kier alpha value is -1.34. The van der Waals surface area contributed by atoms with Crippen molar-refractivity contribution in [3.05, 3.63) is 27.7 Å². The first-order valence-corrected chi connectivity index (χ1v) is 6.59. The number of hydrogen-bond acceptors (Lipinski definition) is 4. The number of carbonyl (C=O) groups excluding carboxylic acids is 1. The molecule has 20 heavy (non-hydrogen) atoms. The van der Waals surface area contributed by atoms with Crippen LogP contribution in [0.3, 0.4) is 0 Å². The van der Waals surface area contributed by atoms with E-state index in [2.05, 4.69) is 10.6 Å². The highest BCUT2D eigenvalue weighted by atomic mass is 35.5. The van der Waals surface area contributed by atoms with Crippen molar-refractivity contribution >= 4 is 40.8 Å². The smallest absolute Gasteiger partial charge is 0.337 e. The van der Waals surface area contributed by atoms with Crippen LogP contribution in [0.2, 0.25) is 10.0 Å². The SMILES string of the molecule is O=C(O)c1cc(Cl)cc(Cl)c1NC(=O)C1COCCN1. The van der Waals surface area contributed by atoms with Crippen LogP contribution in [-0.4, -0.2) is 42.8 Å². The Kier molecular flexibility index (Phi) is 4.82. The van der Waals surface area contributed by atoms with Gasteiger partial charge in [-0.2, -0.15) is 0 Å². The van der Waals surface area contributed by atoms with Crippen LogP contribution in [-0.2, 0) is 9.53 Å². The van der Waals surface area contributed by atoms with Crippen molar-refractivity contribution in [1.29, 1.82) is 0 Å². The number of benzene rings is 1. The molecule has 1 aromatic carbocycles. The molecule has 0 aliphatic carbocycles. The van der Waals surface area contributed by atoms with E-state index in [4.69, 9.17) is 33.0 Å². The Morgan fingerprint density at radius 1 is 1.40 bits per heavy atom. The van der Waals surface area contributed by atoms with E-state index in [1.165, 1.54) is 12.1 Å². The average Bonchev–Trinajstić information content (AvgIpc) is 2.42. The first-order chi connectivity index (χ1) is 9.49. The number of carboxylic acid groups (broad SMARTS) is 1. The Morgan fingerprint density at radius 2 is 2.15 bits per heavy atom. The fourth-order valence-corrected chi connectivity index (χ4v) is 2.35. The maximum absolute atomic E-state index is 12.0. The standard InChI is InChI=1S/C12H12Cl2N2O4/c13-6-3-7(12(18)19)10(8(14)4-6)16-11(17)9-5-20-2-1-15-9/h3-4,9,15H,1-2,5H2,(H,16,17)(H,18,19). The van der Waals surface area contributed by atoms with Crippen LogP contribution in [0, 0.1) is 0 Å². The number of ether oxygens (including phenoxy) is 1. The maximum atomic E-state index is 12.0. The molecule has 1 aliphatic heterocycles. The molecule has 0 aromatic heterocycles. The van der Waals surface area contributed by atoms with Gasteiger partial charge in [-0.1, -0.05) is 23.2 Å². The highest BCUT2D eigenvalue weighted by molar-refractivity contribution is 6.37. The number of carbonyl (C=O) groups is 2.